The van der Waals surface area contributed by atoms with Gasteiger partial charge in [-0.15, -0.1) is 0 Å². The predicted octanol–water partition coefficient (Wildman–Crippen LogP) is 2.84. The Kier molecular flexibility index (Phi) is 4.24. The Labute approximate surface area is 133 Å². The second-order valence-corrected chi connectivity index (χ2v) is 5.52. The van der Waals surface area contributed by atoms with E-state index >= 15 is 0 Å². The minimum absolute atomic E-state index is 0.153. The highest BCUT2D eigenvalue weighted by atomic mass is 35.5. The number of pyridine rings is 1. The number of benzene rings is 1. The molecule has 0 N–H and O–H groups in total. The molecular formula is C16H15ClFN3O. The molecule has 0 radical (unpaired) electrons. The van der Waals surface area contributed by atoms with E-state index in [1.807, 2.05) is 12.1 Å². The molecule has 2 aromatic rings. The summed E-state index contributed by atoms with van der Waals surface area (Å²) in [4.78, 5) is 20.4. The number of halogens is 2. The van der Waals surface area contributed by atoms with Gasteiger partial charge in [0, 0.05) is 44.3 Å². The summed E-state index contributed by atoms with van der Waals surface area (Å²) < 4.78 is 13.1. The van der Waals surface area contributed by atoms with Crippen molar-refractivity contribution in [1.82, 2.24) is 9.88 Å². The van der Waals surface area contributed by atoms with Gasteiger partial charge in [0.05, 0.1) is 10.6 Å². The zero-order valence-corrected chi connectivity index (χ0v) is 12.6. The Bertz CT molecular complexity index is 672. The summed E-state index contributed by atoms with van der Waals surface area (Å²) in [6.07, 6.45) is 3.51. The standard InChI is InChI=1S/C16H15ClFN3O/c17-15-11-12(18)1-2-14(15)16(22)21-9-7-20(8-10-21)13-3-5-19-6-4-13/h1-6,11H,7-10H2. The number of hydrogen-bond donors (Lipinski definition) is 0. The van der Waals surface area contributed by atoms with Crippen molar-refractivity contribution in [2.75, 3.05) is 31.1 Å². The normalized spacial score (nSPS) is 15.0. The van der Waals surface area contributed by atoms with Crippen LogP contribution in [0.4, 0.5) is 10.1 Å². The monoisotopic (exact) mass is 319 g/mol. The molecule has 1 amide bonds. The van der Waals surface area contributed by atoms with Crippen LogP contribution < -0.4 is 4.90 Å². The van der Waals surface area contributed by atoms with E-state index in [0.29, 0.717) is 18.7 Å². The van der Waals surface area contributed by atoms with Crippen LogP contribution in [0, 0.1) is 5.82 Å². The minimum atomic E-state index is -0.441. The van der Waals surface area contributed by atoms with E-state index in [-0.39, 0.29) is 10.9 Å². The Morgan fingerprint density at radius 1 is 1.09 bits per heavy atom. The average molecular weight is 320 g/mol. The summed E-state index contributed by atoms with van der Waals surface area (Å²) in [7, 11) is 0. The molecule has 1 aliphatic heterocycles. The maximum Gasteiger partial charge on any atom is 0.255 e. The SMILES string of the molecule is O=C(c1ccc(F)cc1Cl)N1CCN(c2ccncc2)CC1. The van der Waals surface area contributed by atoms with Gasteiger partial charge in [-0.1, -0.05) is 11.6 Å². The molecule has 22 heavy (non-hydrogen) atoms. The second-order valence-electron chi connectivity index (χ2n) is 5.11. The summed E-state index contributed by atoms with van der Waals surface area (Å²) >= 11 is 5.96. The molecule has 0 spiro atoms. The van der Waals surface area contributed by atoms with Gasteiger partial charge in [0.15, 0.2) is 0 Å². The van der Waals surface area contributed by atoms with Gasteiger partial charge in [-0.2, -0.15) is 0 Å². The Morgan fingerprint density at radius 3 is 2.41 bits per heavy atom. The van der Waals surface area contributed by atoms with Crippen molar-refractivity contribution in [1.29, 1.82) is 0 Å². The van der Waals surface area contributed by atoms with Crippen molar-refractivity contribution in [2.24, 2.45) is 0 Å². The number of piperazine rings is 1. The van der Waals surface area contributed by atoms with Crippen molar-refractivity contribution in [2.45, 2.75) is 0 Å². The van der Waals surface area contributed by atoms with Gasteiger partial charge < -0.3 is 9.80 Å². The van der Waals surface area contributed by atoms with Crippen LogP contribution in [0.3, 0.4) is 0 Å². The fraction of sp³-hybridized carbons (Fsp3) is 0.250. The number of hydrogen-bond acceptors (Lipinski definition) is 3. The molecular weight excluding hydrogens is 305 g/mol. The van der Waals surface area contributed by atoms with Crippen LogP contribution in [0.5, 0.6) is 0 Å². The van der Waals surface area contributed by atoms with Gasteiger partial charge in [0.1, 0.15) is 5.82 Å². The van der Waals surface area contributed by atoms with Crippen LogP contribution in [-0.2, 0) is 0 Å². The first-order valence-corrected chi connectivity index (χ1v) is 7.42. The van der Waals surface area contributed by atoms with E-state index in [0.717, 1.165) is 18.8 Å². The minimum Gasteiger partial charge on any atom is -0.368 e. The summed E-state index contributed by atoms with van der Waals surface area (Å²) in [5, 5.41) is 0.154. The van der Waals surface area contributed by atoms with Gasteiger partial charge in [-0.25, -0.2) is 4.39 Å². The summed E-state index contributed by atoms with van der Waals surface area (Å²) in [5.74, 6) is -0.594. The van der Waals surface area contributed by atoms with Crippen LogP contribution in [0.15, 0.2) is 42.7 Å². The highest BCUT2D eigenvalue weighted by molar-refractivity contribution is 6.33. The Balaban J connectivity index is 1.67. The van der Waals surface area contributed by atoms with E-state index in [1.54, 1.807) is 17.3 Å². The van der Waals surface area contributed by atoms with E-state index in [9.17, 15) is 9.18 Å². The first kappa shape index (κ1) is 14.8. The molecule has 0 atom stereocenters. The highest BCUT2D eigenvalue weighted by Gasteiger charge is 2.23. The van der Waals surface area contributed by atoms with Crippen LogP contribution in [-0.4, -0.2) is 42.0 Å². The molecule has 1 aromatic carbocycles. The number of rotatable bonds is 2. The van der Waals surface area contributed by atoms with E-state index in [1.165, 1.54) is 18.2 Å². The number of carbonyl (C=O) groups is 1. The molecule has 6 heteroatoms. The van der Waals surface area contributed by atoms with E-state index < -0.39 is 5.82 Å². The highest BCUT2D eigenvalue weighted by Crippen LogP contribution is 2.21. The van der Waals surface area contributed by atoms with Crippen LogP contribution in [0.1, 0.15) is 10.4 Å². The molecule has 1 saturated heterocycles. The summed E-state index contributed by atoms with van der Waals surface area (Å²) in [6.45, 7) is 2.70. The van der Waals surface area contributed by atoms with Crippen LogP contribution in [0.2, 0.25) is 5.02 Å². The first-order valence-electron chi connectivity index (χ1n) is 7.04. The molecule has 0 bridgehead atoms. The zero-order chi connectivity index (χ0) is 15.5. The molecule has 0 unspecified atom stereocenters. The third kappa shape index (κ3) is 3.04. The molecule has 0 aliphatic carbocycles. The molecule has 2 heterocycles. The zero-order valence-electron chi connectivity index (χ0n) is 11.9. The second kappa shape index (κ2) is 6.32. The fourth-order valence-electron chi connectivity index (χ4n) is 2.56. The predicted molar refractivity (Wildman–Crippen MR) is 83.8 cm³/mol. The maximum atomic E-state index is 13.1. The molecule has 114 valence electrons. The molecule has 0 saturated carbocycles. The number of anilines is 1. The number of nitrogens with zero attached hydrogens (tertiary/aromatic N) is 3. The first-order chi connectivity index (χ1) is 10.6. The fourth-order valence-corrected chi connectivity index (χ4v) is 2.80. The van der Waals surface area contributed by atoms with Gasteiger partial charge in [0.2, 0.25) is 0 Å². The number of amides is 1. The van der Waals surface area contributed by atoms with Crippen molar-refractivity contribution in [3.63, 3.8) is 0 Å². The summed E-state index contributed by atoms with van der Waals surface area (Å²) in [5.41, 5.74) is 1.45. The van der Waals surface area contributed by atoms with Crippen molar-refractivity contribution in [3.05, 3.63) is 59.1 Å². The Hall–Kier alpha value is -2.14. The van der Waals surface area contributed by atoms with Crippen molar-refractivity contribution in [3.8, 4) is 0 Å². The van der Waals surface area contributed by atoms with Gasteiger partial charge >= 0.3 is 0 Å². The average Bonchev–Trinajstić information content (AvgIpc) is 2.55. The quantitative estimate of drug-likeness (QED) is 0.854. The lowest BCUT2D eigenvalue weighted by Gasteiger charge is -2.36. The van der Waals surface area contributed by atoms with Gasteiger partial charge in [0.25, 0.3) is 5.91 Å². The molecule has 1 aromatic heterocycles. The van der Waals surface area contributed by atoms with E-state index in [2.05, 4.69) is 9.88 Å². The summed E-state index contributed by atoms with van der Waals surface area (Å²) in [6, 6.07) is 7.77. The molecule has 1 aliphatic rings. The van der Waals surface area contributed by atoms with Gasteiger partial charge in [-0.05, 0) is 30.3 Å². The van der Waals surface area contributed by atoms with E-state index in [4.69, 9.17) is 11.6 Å². The van der Waals surface area contributed by atoms with Crippen molar-refractivity contribution < 1.29 is 9.18 Å². The topological polar surface area (TPSA) is 36.4 Å². The lowest BCUT2D eigenvalue weighted by atomic mass is 10.1. The molecule has 1 fully saturated rings. The number of carbonyl (C=O) groups excluding carboxylic acids is 1. The lowest BCUT2D eigenvalue weighted by molar-refractivity contribution is 0.0747. The maximum absolute atomic E-state index is 13.1. The third-order valence-electron chi connectivity index (χ3n) is 3.76. The Morgan fingerprint density at radius 2 is 1.77 bits per heavy atom. The smallest absolute Gasteiger partial charge is 0.255 e. The number of aromatic nitrogens is 1. The van der Waals surface area contributed by atoms with Crippen molar-refractivity contribution >= 4 is 23.2 Å². The lowest BCUT2D eigenvalue weighted by Crippen LogP contribution is -2.48. The molecule has 4 nitrogen and oxygen atoms in total. The van der Waals surface area contributed by atoms with Crippen LogP contribution >= 0.6 is 11.6 Å². The third-order valence-corrected chi connectivity index (χ3v) is 4.07. The van der Waals surface area contributed by atoms with Crippen LogP contribution in [0.25, 0.3) is 0 Å². The molecule has 3 rings (SSSR count). The largest absolute Gasteiger partial charge is 0.368 e. The van der Waals surface area contributed by atoms with Gasteiger partial charge in [-0.3, -0.25) is 9.78 Å².